The molecule has 1 saturated heterocycles. The fourth-order valence-corrected chi connectivity index (χ4v) is 7.15. The van der Waals surface area contributed by atoms with Crippen LogP contribution in [0.5, 0.6) is 0 Å². The van der Waals surface area contributed by atoms with Gasteiger partial charge in [-0.15, -0.1) is 0 Å². The Morgan fingerprint density at radius 2 is 1.77 bits per heavy atom. The van der Waals surface area contributed by atoms with Gasteiger partial charge in [0.2, 0.25) is 5.91 Å². The molecule has 2 aromatic heterocycles. The van der Waals surface area contributed by atoms with Crippen LogP contribution in [0.25, 0.3) is 33.3 Å². The van der Waals surface area contributed by atoms with Gasteiger partial charge in [0, 0.05) is 62.4 Å². The van der Waals surface area contributed by atoms with Gasteiger partial charge in [-0.25, -0.2) is 4.79 Å². The van der Waals surface area contributed by atoms with Crippen molar-refractivity contribution < 1.29 is 34.1 Å². The topological polar surface area (TPSA) is 143 Å². The van der Waals surface area contributed by atoms with Crippen LogP contribution in [0.1, 0.15) is 77.8 Å². The second-order valence-corrected chi connectivity index (χ2v) is 15.8. The molecule has 11 nitrogen and oxygen atoms in total. The molecule has 1 aliphatic rings. The van der Waals surface area contributed by atoms with Crippen LogP contribution in [-0.2, 0) is 38.4 Å². The molecule has 3 atom stereocenters. The summed E-state index contributed by atoms with van der Waals surface area (Å²) in [5.41, 5.74) is 6.68. The molecule has 284 valence electrons. The molecule has 0 bridgehead atoms. The molecule has 0 radical (unpaired) electrons. The van der Waals surface area contributed by atoms with Gasteiger partial charge in [-0.05, 0) is 99.4 Å². The molecule has 11 heteroatoms. The zero-order valence-electron chi connectivity index (χ0n) is 32.2. The van der Waals surface area contributed by atoms with E-state index in [0.717, 1.165) is 56.7 Å². The summed E-state index contributed by atoms with van der Waals surface area (Å²) in [5.74, 6) is -1.91. The third-order valence-electron chi connectivity index (χ3n) is 9.94. The number of carboxylic acids is 1. The van der Waals surface area contributed by atoms with E-state index in [0.29, 0.717) is 19.4 Å². The zero-order valence-corrected chi connectivity index (χ0v) is 32.2. The number of alkyl carbamates (subject to hydrolysis) is 1. The highest BCUT2D eigenvalue weighted by molar-refractivity contribution is 5.95. The van der Waals surface area contributed by atoms with Gasteiger partial charge >= 0.3 is 12.1 Å². The lowest BCUT2D eigenvalue weighted by Crippen LogP contribution is -2.50. The predicted octanol–water partition coefficient (Wildman–Crippen LogP) is 7.03. The molecular weight excluding hydrogens is 672 g/mol. The molecule has 2 aromatic carbocycles. The average molecular weight is 727 g/mol. The maximum absolute atomic E-state index is 13.8. The van der Waals surface area contributed by atoms with E-state index in [1.54, 1.807) is 34.1 Å². The predicted molar refractivity (Wildman–Crippen MR) is 205 cm³/mol. The Bertz CT molecular complexity index is 1960. The fourth-order valence-electron chi connectivity index (χ4n) is 7.15. The van der Waals surface area contributed by atoms with Crippen molar-refractivity contribution in [2.24, 2.45) is 11.3 Å². The average Bonchev–Trinajstić information content (AvgIpc) is 3.73. The quantitative estimate of drug-likeness (QED) is 0.133. The number of aliphatic hydroxyl groups is 1. The number of methoxy groups -OCH3 is 1. The number of fused-ring (bicyclic) bond motifs is 1. The number of aliphatic carboxylic acids is 1. The zero-order chi connectivity index (χ0) is 38.7. The summed E-state index contributed by atoms with van der Waals surface area (Å²) in [6, 6.07) is 17.4. The van der Waals surface area contributed by atoms with E-state index in [2.05, 4.69) is 54.9 Å². The maximum atomic E-state index is 13.8. The van der Waals surface area contributed by atoms with Crippen LogP contribution in [0.2, 0.25) is 0 Å². The second kappa shape index (κ2) is 16.1. The van der Waals surface area contributed by atoms with Gasteiger partial charge in [-0.3, -0.25) is 14.6 Å². The maximum Gasteiger partial charge on any atom is 0.408 e. The molecule has 1 aliphatic heterocycles. The molecule has 1 fully saturated rings. The number of hydrogen-bond donors (Lipinski definition) is 3. The number of ether oxygens (including phenoxy) is 2. The summed E-state index contributed by atoms with van der Waals surface area (Å²) in [7, 11) is 1.68. The third kappa shape index (κ3) is 9.08. The van der Waals surface area contributed by atoms with Gasteiger partial charge in [0.1, 0.15) is 11.6 Å². The SMILES string of the molecule is CCn1c(-c2cccnc2C(C)OC)c(CC(C)(C)CO)c2cc(-c3cccc(CC(NC(=O)OC(C)(C)C)C(=O)N4CC[C@H](C(=O)O)C4)c3)ccc21. The highest BCUT2D eigenvalue weighted by atomic mass is 16.6. The van der Waals surface area contributed by atoms with Crippen molar-refractivity contribution in [2.45, 2.75) is 92.0 Å². The molecule has 2 unspecified atom stereocenters. The Kier molecular flexibility index (Phi) is 12.0. The summed E-state index contributed by atoms with van der Waals surface area (Å²) in [4.78, 5) is 44.6. The third-order valence-corrected chi connectivity index (χ3v) is 9.94. The summed E-state index contributed by atoms with van der Waals surface area (Å²) in [5, 5.41) is 23.8. The van der Waals surface area contributed by atoms with Crippen molar-refractivity contribution in [1.82, 2.24) is 19.8 Å². The molecule has 0 saturated carbocycles. The van der Waals surface area contributed by atoms with E-state index in [1.165, 1.54) is 4.90 Å². The van der Waals surface area contributed by atoms with Crippen LogP contribution in [0.4, 0.5) is 4.79 Å². The van der Waals surface area contributed by atoms with Gasteiger partial charge in [0.05, 0.1) is 23.4 Å². The molecular formula is C42H54N4O7. The van der Waals surface area contributed by atoms with E-state index < -0.39 is 35.0 Å². The van der Waals surface area contributed by atoms with E-state index in [4.69, 9.17) is 14.5 Å². The number of amides is 2. The van der Waals surface area contributed by atoms with Crippen molar-refractivity contribution in [3.05, 3.63) is 77.6 Å². The molecule has 5 rings (SSSR count). The molecule has 53 heavy (non-hydrogen) atoms. The normalized spacial score (nSPS) is 16.1. The van der Waals surface area contributed by atoms with Crippen molar-refractivity contribution >= 4 is 28.9 Å². The summed E-state index contributed by atoms with van der Waals surface area (Å²) >= 11 is 0. The Labute approximate surface area is 312 Å². The number of benzene rings is 2. The molecule has 2 amide bonds. The smallest absolute Gasteiger partial charge is 0.408 e. The summed E-state index contributed by atoms with van der Waals surface area (Å²) < 4.78 is 13.5. The number of aryl methyl sites for hydroxylation is 1. The lowest BCUT2D eigenvalue weighted by atomic mass is 9.84. The van der Waals surface area contributed by atoms with E-state index >= 15 is 0 Å². The van der Waals surface area contributed by atoms with Gasteiger partial charge < -0.3 is 34.5 Å². The number of aromatic nitrogens is 2. The standard InChI is InChI=1S/C42H54N4O7/c1-9-46-35-16-15-29(22-32(35)33(23-42(6,7)25-47)37(46)31-14-11-18-43-36(31)26(2)52-8)28-13-10-12-27(20-28)21-34(44-40(51)53-41(3,4)5)38(48)45-19-17-30(24-45)39(49)50/h10-16,18,20,22,26,30,34,47H,9,17,19,21,23-25H2,1-8H3,(H,44,51)(H,49,50)/t26?,30-,34?/m0/s1. The molecule has 0 spiro atoms. The number of aliphatic hydroxyl groups excluding tert-OH is 1. The number of pyridine rings is 1. The first-order valence-electron chi connectivity index (χ1n) is 18.4. The highest BCUT2D eigenvalue weighted by Gasteiger charge is 2.35. The molecule has 3 N–H and O–H groups in total. The van der Waals surface area contributed by atoms with Crippen LogP contribution >= 0.6 is 0 Å². The van der Waals surface area contributed by atoms with E-state index in [-0.39, 0.29) is 31.6 Å². The van der Waals surface area contributed by atoms with Crippen molar-refractivity contribution in [1.29, 1.82) is 0 Å². The number of hydrogen-bond acceptors (Lipinski definition) is 7. The van der Waals surface area contributed by atoms with Crippen LogP contribution in [0.3, 0.4) is 0 Å². The largest absolute Gasteiger partial charge is 0.481 e. The molecule has 4 aromatic rings. The van der Waals surface area contributed by atoms with Crippen LogP contribution < -0.4 is 5.32 Å². The summed E-state index contributed by atoms with van der Waals surface area (Å²) in [6.07, 6.45) is 2.03. The summed E-state index contributed by atoms with van der Waals surface area (Å²) in [6.45, 7) is 14.7. The monoisotopic (exact) mass is 726 g/mol. The van der Waals surface area contributed by atoms with Crippen molar-refractivity contribution in [3.63, 3.8) is 0 Å². The number of rotatable bonds is 13. The van der Waals surface area contributed by atoms with Gasteiger partial charge in [-0.1, -0.05) is 44.2 Å². The number of carboxylic acid groups (broad SMARTS) is 1. The molecule has 3 heterocycles. The van der Waals surface area contributed by atoms with Crippen molar-refractivity contribution in [3.8, 4) is 22.4 Å². The number of carbonyl (C=O) groups excluding carboxylic acids is 2. The number of carbonyl (C=O) groups is 3. The first-order valence-corrected chi connectivity index (χ1v) is 18.4. The first-order chi connectivity index (χ1) is 25.1. The van der Waals surface area contributed by atoms with E-state index in [1.807, 2.05) is 37.3 Å². The number of nitrogens with zero attached hydrogens (tertiary/aromatic N) is 3. The second-order valence-electron chi connectivity index (χ2n) is 15.8. The van der Waals surface area contributed by atoms with E-state index in [9.17, 15) is 24.6 Å². The minimum Gasteiger partial charge on any atom is -0.481 e. The van der Waals surface area contributed by atoms with Gasteiger partial charge in [0.25, 0.3) is 0 Å². The van der Waals surface area contributed by atoms with Crippen LogP contribution in [0.15, 0.2) is 60.8 Å². The van der Waals surface area contributed by atoms with Crippen LogP contribution in [0, 0.1) is 11.3 Å². The minimum atomic E-state index is -0.952. The Balaban J connectivity index is 1.56. The Morgan fingerprint density at radius 1 is 1.04 bits per heavy atom. The Hall–Kier alpha value is -4.74. The van der Waals surface area contributed by atoms with Crippen molar-refractivity contribution in [2.75, 3.05) is 26.8 Å². The van der Waals surface area contributed by atoms with Gasteiger partial charge in [-0.2, -0.15) is 0 Å². The highest BCUT2D eigenvalue weighted by Crippen LogP contribution is 2.41. The Morgan fingerprint density at radius 3 is 2.42 bits per heavy atom. The lowest BCUT2D eigenvalue weighted by Gasteiger charge is -2.26. The van der Waals surface area contributed by atoms with Crippen LogP contribution in [-0.4, -0.2) is 81.1 Å². The fraction of sp³-hybridized carbons (Fsp3) is 0.476. The minimum absolute atomic E-state index is 0.0208. The number of likely N-dealkylation sites (tertiary alicyclic amines) is 1. The first kappa shape index (κ1) is 39.5. The molecule has 0 aliphatic carbocycles. The lowest BCUT2D eigenvalue weighted by molar-refractivity contribution is -0.141. The number of nitrogens with one attached hydrogen (secondary N) is 1. The van der Waals surface area contributed by atoms with Gasteiger partial charge in [0.15, 0.2) is 0 Å².